The monoisotopic (exact) mass is 411 g/mol. The largest absolute Gasteiger partial charge is 0.392 e. The maximum absolute atomic E-state index is 10.6. The van der Waals surface area contributed by atoms with E-state index in [1.165, 1.54) is 44.2 Å². The molecule has 5 atom stereocenters. The third kappa shape index (κ3) is 6.80. The molecule has 0 spiro atoms. The van der Waals surface area contributed by atoms with Crippen LogP contribution in [0.3, 0.4) is 0 Å². The Morgan fingerprint density at radius 3 is 2.73 bits per heavy atom. The van der Waals surface area contributed by atoms with Crippen molar-refractivity contribution in [3.63, 3.8) is 0 Å². The lowest BCUT2D eigenvalue weighted by atomic mass is 9.88. The van der Waals surface area contributed by atoms with Crippen molar-refractivity contribution in [2.75, 3.05) is 20.6 Å². The standard InChI is InChI=1S/C27H41NO2/c1-20-9-8-11-21(15-20)17-24(29)12-13-25-26-18-22(16-23(26)19-27(25)30)10-6-4-5-7-14-28(2)3/h8-9,11-13,15-16,23-27,29-30H,4-7,10,14,17-19H2,1-3H3/b13-12+/t23-,24+,25+,26-,27+/m0/s1. The fourth-order valence-electron chi connectivity index (χ4n) is 5.33. The average molecular weight is 412 g/mol. The van der Waals surface area contributed by atoms with Gasteiger partial charge in [-0.05, 0) is 77.1 Å². The first-order valence-corrected chi connectivity index (χ1v) is 11.9. The van der Waals surface area contributed by atoms with E-state index in [9.17, 15) is 10.2 Å². The lowest BCUT2D eigenvalue weighted by Crippen LogP contribution is -2.18. The van der Waals surface area contributed by atoms with Gasteiger partial charge in [0.15, 0.2) is 0 Å². The van der Waals surface area contributed by atoms with Crippen LogP contribution in [0.1, 0.15) is 56.1 Å². The zero-order valence-corrected chi connectivity index (χ0v) is 19.1. The van der Waals surface area contributed by atoms with Crippen molar-refractivity contribution in [3.05, 3.63) is 59.2 Å². The Kier molecular flexibility index (Phi) is 8.73. The van der Waals surface area contributed by atoms with Crippen LogP contribution < -0.4 is 0 Å². The van der Waals surface area contributed by atoms with Gasteiger partial charge in [0, 0.05) is 12.3 Å². The molecule has 0 amide bonds. The first-order valence-electron chi connectivity index (χ1n) is 11.9. The van der Waals surface area contributed by atoms with Crippen molar-refractivity contribution in [1.29, 1.82) is 0 Å². The van der Waals surface area contributed by atoms with E-state index in [-0.39, 0.29) is 12.0 Å². The molecule has 0 radical (unpaired) electrons. The van der Waals surface area contributed by atoms with E-state index in [0.29, 0.717) is 18.3 Å². The van der Waals surface area contributed by atoms with Gasteiger partial charge in [-0.1, -0.05) is 66.5 Å². The highest BCUT2D eigenvalue weighted by Crippen LogP contribution is 2.48. The summed E-state index contributed by atoms with van der Waals surface area (Å²) in [7, 11) is 4.28. The highest BCUT2D eigenvalue weighted by molar-refractivity contribution is 5.24. The molecular formula is C27H41NO2. The van der Waals surface area contributed by atoms with Gasteiger partial charge in [-0.3, -0.25) is 0 Å². The third-order valence-electron chi connectivity index (χ3n) is 6.89. The number of benzene rings is 1. The van der Waals surface area contributed by atoms with Crippen molar-refractivity contribution in [1.82, 2.24) is 4.90 Å². The molecule has 2 aliphatic rings. The maximum atomic E-state index is 10.6. The Hall–Kier alpha value is -1.42. The lowest BCUT2D eigenvalue weighted by molar-refractivity contribution is 0.140. The van der Waals surface area contributed by atoms with E-state index >= 15 is 0 Å². The molecule has 1 fully saturated rings. The SMILES string of the molecule is Cc1cccc(C[C@H](O)/C=C/[C@@H]2[C@H]3CC(CCCCCCN(C)C)=C[C@H]3C[C@H]2O)c1. The molecule has 1 saturated carbocycles. The number of aliphatic hydroxyl groups is 2. The third-order valence-corrected chi connectivity index (χ3v) is 6.89. The highest BCUT2D eigenvalue weighted by Gasteiger charge is 2.43. The molecule has 3 nitrogen and oxygen atoms in total. The molecule has 30 heavy (non-hydrogen) atoms. The number of hydrogen-bond donors (Lipinski definition) is 2. The van der Waals surface area contributed by atoms with E-state index in [1.807, 2.05) is 12.1 Å². The fourth-order valence-corrected chi connectivity index (χ4v) is 5.33. The topological polar surface area (TPSA) is 43.7 Å². The van der Waals surface area contributed by atoms with Gasteiger partial charge in [-0.15, -0.1) is 0 Å². The number of aliphatic hydroxyl groups excluding tert-OH is 2. The van der Waals surface area contributed by atoms with Gasteiger partial charge in [0.05, 0.1) is 12.2 Å². The second-order valence-electron chi connectivity index (χ2n) is 9.85. The Bertz CT molecular complexity index is 723. The summed E-state index contributed by atoms with van der Waals surface area (Å²) in [6.07, 6.45) is 14.8. The number of aryl methyl sites for hydroxylation is 1. The molecule has 0 bridgehead atoms. The summed E-state index contributed by atoms with van der Waals surface area (Å²) >= 11 is 0. The summed E-state index contributed by atoms with van der Waals surface area (Å²) in [6.45, 7) is 3.27. The van der Waals surface area contributed by atoms with E-state index in [1.54, 1.807) is 5.57 Å². The maximum Gasteiger partial charge on any atom is 0.0761 e. The van der Waals surface area contributed by atoms with Crippen LogP contribution >= 0.6 is 0 Å². The number of nitrogens with zero attached hydrogens (tertiary/aromatic N) is 1. The Morgan fingerprint density at radius 1 is 1.17 bits per heavy atom. The summed E-state index contributed by atoms with van der Waals surface area (Å²) in [5.41, 5.74) is 3.98. The van der Waals surface area contributed by atoms with Crippen LogP contribution in [0.5, 0.6) is 0 Å². The van der Waals surface area contributed by atoms with Gasteiger partial charge < -0.3 is 15.1 Å². The van der Waals surface area contributed by atoms with Crippen molar-refractivity contribution in [3.8, 4) is 0 Å². The minimum absolute atomic E-state index is 0.177. The predicted molar refractivity (Wildman–Crippen MR) is 125 cm³/mol. The van der Waals surface area contributed by atoms with Gasteiger partial charge in [-0.25, -0.2) is 0 Å². The summed E-state index contributed by atoms with van der Waals surface area (Å²) in [6, 6.07) is 8.32. The van der Waals surface area contributed by atoms with Crippen LogP contribution in [0.2, 0.25) is 0 Å². The zero-order chi connectivity index (χ0) is 21.5. The molecule has 166 valence electrons. The summed E-state index contributed by atoms with van der Waals surface area (Å²) in [4.78, 5) is 2.26. The minimum Gasteiger partial charge on any atom is -0.392 e. The van der Waals surface area contributed by atoms with Crippen molar-refractivity contribution in [2.24, 2.45) is 17.8 Å². The van der Waals surface area contributed by atoms with Gasteiger partial charge in [0.25, 0.3) is 0 Å². The van der Waals surface area contributed by atoms with E-state index < -0.39 is 6.10 Å². The van der Waals surface area contributed by atoms with Crippen molar-refractivity contribution in [2.45, 2.75) is 70.5 Å². The molecule has 1 aromatic rings. The van der Waals surface area contributed by atoms with Crippen molar-refractivity contribution < 1.29 is 10.2 Å². The number of unbranched alkanes of at least 4 members (excludes halogenated alkanes) is 3. The molecule has 0 aromatic heterocycles. The van der Waals surface area contributed by atoms with E-state index in [4.69, 9.17) is 0 Å². The molecule has 2 aliphatic carbocycles. The van der Waals surface area contributed by atoms with Gasteiger partial charge in [0.1, 0.15) is 0 Å². The summed E-state index contributed by atoms with van der Waals surface area (Å²) in [5.74, 6) is 1.22. The van der Waals surface area contributed by atoms with Crippen LogP contribution in [0, 0.1) is 24.7 Å². The minimum atomic E-state index is -0.492. The number of allylic oxidation sites excluding steroid dienone is 2. The Morgan fingerprint density at radius 2 is 1.97 bits per heavy atom. The van der Waals surface area contributed by atoms with Gasteiger partial charge in [-0.2, -0.15) is 0 Å². The zero-order valence-electron chi connectivity index (χ0n) is 19.1. The molecule has 0 aliphatic heterocycles. The molecule has 3 rings (SSSR count). The van der Waals surface area contributed by atoms with Crippen LogP contribution in [0.15, 0.2) is 48.1 Å². The second-order valence-corrected chi connectivity index (χ2v) is 9.85. The van der Waals surface area contributed by atoms with Crippen molar-refractivity contribution >= 4 is 0 Å². The van der Waals surface area contributed by atoms with E-state index in [2.05, 4.69) is 56.3 Å². The molecule has 0 saturated heterocycles. The smallest absolute Gasteiger partial charge is 0.0761 e. The van der Waals surface area contributed by atoms with Crippen LogP contribution in [0.25, 0.3) is 0 Å². The summed E-state index contributed by atoms with van der Waals surface area (Å²) in [5, 5.41) is 21.0. The van der Waals surface area contributed by atoms with E-state index in [0.717, 1.165) is 18.4 Å². The van der Waals surface area contributed by atoms with Gasteiger partial charge in [0.2, 0.25) is 0 Å². The lowest BCUT2D eigenvalue weighted by Gasteiger charge is -2.19. The van der Waals surface area contributed by atoms with Crippen LogP contribution in [0.4, 0.5) is 0 Å². The fraction of sp³-hybridized carbons (Fsp3) is 0.630. The first-order chi connectivity index (χ1) is 14.4. The average Bonchev–Trinajstić information content (AvgIpc) is 3.19. The first kappa shape index (κ1) is 23.2. The molecule has 3 heteroatoms. The molecule has 1 aromatic carbocycles. The van der Waals surface area contributed by atoms with Gasteiger partial charge >= 0.3 is 0 Å². The quantitative estimate of drug-likeness (QED) is 0.402. The van der Waals surface area contributed by atoms with Crippen LogP contribution in [-0.4, -0.2) is 48.0 Å². The van der Waals surface area contributed by atoms with Crippen LogP contribution in [-0.2, 0) is 6.42 Å². The Balaban J connectivity index is 1.44. The molecule has 2 N–H and O–H groups in total. The predicted octanol–water partition coefficient (Wildman–Crippen LogP) is 4.91. The number of rotatable bonds is 11. The molecule has 0 heterocycles. The second kappa shape index (κ2) is 11.3. The highest BCUT2D eigenvalue weighted by atomic mass is 16.3. The summed E-state index contributed by atoms with van der Waals surface area (Å²) < 4.78 is 0. The number of hydrogen-bond acceptors (Lipinski definition) is 3. The molecular weight excluding hydrogens is 370 g/mol. The normalized spacial score (nSPS) is 27.1. The molecule has 0 unspecified atom stereocenters. The number of fused-ring (bicyclic) bond motifs is 1. The Labute approximate surface area is 183 Å².